The Bertz CT molecular complexity index is 618. The number of rotatable bonds is 2. The standard InChI is InChI=1S/C15H11F3NO/c1-10-6-8-11(9-7-10)14(20)19-13-5-3-2-4-12(13)15(16,17)18/h2-9H,1H2,(H,19,20). The number of benzene rings is 2. The number of carbonyl (C=O) groups excluding carboxylic acids is 1. The van der Waals surface area contributed by atoms with Crippen LogP contribution in [-0.2, 0) is 6.18 Å². The molecule has 2 aromatic rings. The summed E-state index contributed by atoms with van der Waals surface area (Å²) < 4.78 is 38.4. The minimum absolute atomic E-state index is 0.260. The van der Waals surface area contributed by atoms with Gasteiger partial charge in [-0.1, -0.05) is 24.3 Å². The first-order valence-corrected chi connectivity index (χ1v) is 5.77. The Morgan fingerprint density at radius 3 is 2.20 bits per heavy atom. The number of alkyl halides is 3. The topological polar surface area (TPSA) is 29.1 Å². The van der Waals surface area contributed by atoms with Crippen molar-refractivity contribution in [1.82, 2.24) is 0 Å². The molecule has 1 amide bonds. The van der Waals surface area contributed by atoms with Crippen molar-refractivity contribution in [3.05, 3.63) is 72.1 Å². The van der Waals surface area contributed by atoms with E-state index in [1.165, 1.54) is 30.3 Å². The Morgan fingerprint density at radius 2 is 1.60 bits per heavy atom. The van der Waals surface area contributed by atoms with Gasteiger partial charge in [-0.25, -0.2) is 0 Å². The average Bonchev–Trinajstić information content (AvgIpc) is 2.38. The zero-order valence-corrected chi connectivity index (χ0v) is 10.4. The highest BCUT2D eigenvalue weighted by Gasteiger charge is 2.33. The van der Waals surface area contributed by atoms with Gasteiger partial charge in [0.25, 0.3) is 5.91 Å². The molecule has 1 radical (unpaired) electrons. The summed E-state index contributed by atoms with van der Waals surface area (Å²) in [6, 6.07) is 11.1. The fourth-order valence-corrected chi connectivity index (χ4v) is 1.69. The summed E-state index contributed by atoms with van der Waals surface area (Å²) in [7, 11) is 0. The Hall–Kier alpha value is -2.30. The molecule has 0 atom stereocenters. The monoisotopic (exact) mass is 278 g/mol. The summed E-state index contributed by atoms with van der Waals surface area (Å²) in [5.74, 6) is -0.596. The van der Waals surface area contributed by atoms with E-state index in [0.717, 1.165) is 11.6 Å². The average molecular weight is 278 g/mol. The molecule has 0 unspecified atom stereocenters. The molecule has 0 aliphatic carbocycles. The van der Waals surface area contributed by atoms with E-state index in [0.29, 0.717) is 0 Å². The van der Waals surface area contributed by atoms with Crippen LogP contribution in [0.2, 0.25) is 0 Å². The van der Waals surface area contributed by atoms with Gasteiger partial charge in [-0.15, -0.1) is 0 Å². The summed E-state index contributed by atoms with van der Waals surface area (Å²) in [5.41, 5.74) is -0.141. The van der Waals surface area contributed by atoms with E-state index < -0.39 is 17.6 Å². The predicted molar refractivity (Wildman–Crippen MR) is 70.3 cm³/mol. The molecule has 0 aliphatic heterocycles. The number of nitrogens with one attached hydrogen (secondary N) is 1. The molecule has 0 saturated heterocycles. The molecule has 0 heterocycles. The Morgan fingerprint density at radius 1 is 1.00 bits per heavy atom. The number of halogens is 3. The zero-order chi connectivity index (χ0) is 14.8. The molecule has 2 aromatic carbocycles. The predicted octanol–water partition coefficient (Wildman–Crippen LogP) is 4.14. The van der Waals surface area contributed by atoms with Crippen molar-refractivity contribution in [3.63, 3.8) is 0 Å². The van der Waals surface area contributed by atoms with E-state index in [4.69, 9.17) is 0 Å². The third-order valence-corrected chi connectivity index (χ3v) is 2.70. The van der Waals surface area contributed by atoms with Gasteiger partial charge >= 0.3 is 6.18 Å². The fraction of sp³-hybridized carbons (Fsp3) is 0.0667. The first-order valence-electron chi connectivity index (χ1n) is 5.77. The second kappa shape index (κ2) is 5.36. The molecule has 0 bridgehead atoms. The van der Waals surface area contributed by atoms with Crippen LogP contribution in [-0.4, -0.2) is 5.91 Å². The van der Waals surface area contributed by atoms with Gasteiger partial charge in [0.1, 0.15) is 0 Å². The van der Waals surface area contributed by atoms with E-state index in [1.807, 2.05) is 0 Å². The fourth-order valence-electron chi connectivity index (χ4n) is 1.69. The molecule has 5 heteroatoms. The van der Waals surface area contributed by atoms with Crippen molar-refractivity contribution in [1.29, 1.82) is 0 Å². The molecule has 0 aliphatic rings. The molecular weight excluding hydrogens is 267 g/mol. The summed E-state index contributed by atoms with van der Waals surface area (Å²) in [4.78, 5) is 11.9. The summed E-state index contributed by atoms with van der Waals surface area (Å²) in [5, 5.41) is 2.27. The highest BCUT2D eigenvalue weighted by molar-refractivity contribution is 6.04. The number of para-hydroxylation sites is 1. The van der Waals surface area contributed by atoms with Crippen LogP contribution in [0.25, 0.3) is 0 Å². The maximum Gasteiger partial charge on any atom is 0.418 e. The lowest BCUT2D eigenvalue weighted by atomic mass is 10.1. The van der Waals surface area contributed by atoms with Gasteiger partial charge in [0.05, 0.1) is 11.3 Å². The number of amides is 1. The third kappa shape index (κ3) is 3.17. The van der Waals surface area contributed by atoms with E-state index in [9.17, 15) is 18.0 Å². The van der Waals surface area contributed by atoms with Gasteiger partial charge in [0, 0.05) is 5.56 Å². The largest absolute Gasteiger partial charge is 0.418 e. The molecule has 2 nitrogen and oxygen atoms in total. The van der Waals surface area contributed by atoms with Crippen LogP contribution in [0.4, 0.5) is 18.9 Å². The molecule has 0 fully saturated rings. The maximum absolute atomic E-state index is 12.8. The van der Waals surface area contributed by atoms with Crippen molar-refractivity contribution >= 4 is 11.6 Å². The first kappa shape index (κ1) is 14.1. The van der Waals surface area contributed by atoms with Crippen molar-refractivity contribution in [2.75, 3.05) is 5.32 Å². The SMILES string of the molecule is [CH2]c1ccc(C(=O)Nc2ccccc2C(F)(F)F)cc1. The number of hydrogen-bond donors (Lipinski definition) is 1. The summed E-state index contributed by atoms with van der Waals surface area (Å²) in [6.07, 6.45) is -4.51. The Kier molecular flexibility index (Phi) is 3.79. The van der Waals surface area contributed by atoms with E-state index >= 15 is 0 Å². The van der Waals surface area contributed by atoms with Crippen LogP contribution in [0, 0.1) is 6.92 Å². The van der Waals surface area contributed by atoms with E-state index in [1.54, 1.807) is 12.1 Å². The van der Waals surface area contributed by atoms with Gasteiger partial charge in [-0.3, -0.25) is 4.79 Å². The lowest BCUT2D eigenvalue weighted by Gasteiger charge is -2.13. The van der Waals surface area contributed by atoms with Crippen LogP contribution >= 0.6 is 0 Å². The normalized spacial score (nSPS) is 11.2. The third-order valence-electron chi connectivity index (χ3n) is 2.70. The minimum Gasteiger partial charge on any atom is -0.321 e. The van der Waals surface area contributed by atoms with Gasteiger partial charge in [-0.2, -0.15) is 13.2 Å². The first-order chi connectivity index (χ1) is 9.38. The van der Waals surface area contributed by atoms with Crippen LogP contribution in [0.15, 0.2) is 48.5 Å². The second-order valence-electron chi connectivity index (χ2n) is 4.19. The van der Waals surface area contributed by atoms with Crippen molar-refractivity contribution < 1.29 is 18.0 Å². The van der Waals surface area contributed by atoms with Crippen molar-refractivity contribution in [3.8, 4) is 0 Å². The second-order valence-corrected chi connectivity index (χ2v) is 4.19. The Labute approximate surface area is 114 Å². The van der Waals surface area contributed by atoms with E-state index in [2.05, 4.69) is 12.2 Å². The van der Waals surface area contributed by atoms with Gasteiger partial charge in [0.2, 0.25) is 0 Å². The molecule has 1 N–H and O–H groups in total. The van der Waals surface area contributed by atoms with Crippen LogP contribution in [0.5, 0.6) is 0 Å². The van der Waals surface area contributed by atoms with Crippen LogP contribution < -0.4 is 5.32 Å². The van der Waals surface area contributed by atoms with Crippen molar-refractivity contribution in [2.24, 2.45) is 0 Å². The van der Waals surface area contributed by atoms with E-state index in [-0.39, 0.29) is 11.3 Å². The number of anilines is 1. The van der Waals surface area contributed by atoms with Crippen LogP contribution in [0.3, 0.4) is 0 Å². The summed E-state index contributed by atoms with van der Waals surface area (Å²) in [6.45, 7) is 3.67. The number of carbonyl (C=O) groups is 1. The highest BCUT2D eigenvalue weighted by atomic mass is 19.4. The maximum atomic E-state index is 12.8. The summed E-state index contributed by atoms with van der Waals surface area (Å²) >= 11 is 0. The van der Waals surface area contributed by atoms with Crippen molar-refractivity contribution in [2.45, 2.75) is 6.18 Å². The lowest BCUT2D eigenvalue weighted by Crippen LogP contribution is -2.16. The quantitative estimate of drug-likeness (QED) is 0.878. The molecule has 103 valence electrons. The lowest BCUT2D eigenvalue weighted by molar-refractivity contribution is -0.136. The highest BCUT2D eigenvalue weighted by Crippen LogP contribution is 2.34. The number of hydrogen-bond acceptors (Lipinski definition) is 1. The van der Waals surface area contributed by atoms with Gasteiger partial charge in [-0.05, 0) is 36.8 Å². The minimum atomic E-state index is -4.51. The Balaban J connectivity index is 2.26. The van der Waals surface area contributed by atoms with Gasteiger partial charge < -0.3 is 5.32 Å². The molecule has 2 rings (SSSR count). The molecular formula is C15H11F3NO. The van der Waals surface area contributed by atoms with Gasteiger partial charge in [0.15, 0.2) is 0 Å². The molecule has 20 heavy (non-hydrogen) atoms. The molecule has 0 aromatic heterocycles. The van der Waals surface area contributed by atoms with Crippen LogP contribution in [0.1, 0.15) is 21.5 Å². The molecule has 0 spiro atoms. The zero-order valence-electron chi connectivity index (χ0n) is 10.4. The smallest absolute Gasteiger partial charge is 0.321 e. The molecule has 0 saturated carbocycles.